The van der Waals surface area contributed by atoms with Gasteiger partial charge in [-0.15, -0.1) is 0 Å². The molecule has 0 aliphatic heterocycles. The summed E-state index contributed by atoms with van der Waals surface area (Å²) in [4.78, 5) is 0. The van der Waals surface area contributed by atoms with Crippen molar-refractivity contribution in [3.63, 3.8) is 0 Å². The van der Waals surface area contributed by atoms with Crippen molar-refractivity contribution >= 4 is 15.9 Å². The molecule has 0 heterocycles. The highest BCUT2D eigenvalue weighted by molar-refractivity contribution is 9.10. The van der Waals surface area contributed by atoms with E-state index >= 15 is 0 Å². The van der Waals surface area contributed by atoms with Crippen LogP contribution in [0.3, 0.4) is 0 Å². The smallest absolute Gasteiger partial charge is 0.124 e. The topological polar surface area (TPSA) is 55.5 Å². The normalized spacial score (nSPS) is 19.7. The highest BCUT2D eigenvalue weighted by Gasteiger charge is 2.46. The molecule has 0 saturated heterocycles. The number of ether oxygens (including phenoxy) is 1. The van der Waals surface area contributed by atoms with Crippen molar-refractivity contribution in [1.29, 1.82) is 0 Å². The predicted molar refractivity (Wildman–Crippen MR) is 61.8 cm³/mol. The summed E-state index contributed by atoms with van der Waals surface area (Å²) in [6.07, 6.45) is 1.08. The largest absolute Gasteiger partial charge is 0.496 e. The van der Waals surface area contributed by atoms with Gasteiger partial charge in [0.2, 0.25) is 0 Å². The van der Waals surface area contributed by atoms with Crippen LogP contribution in [0, 0.1) is 0 Å². The summed E-state index contributed by atoms with van der Waals surface area (Å²) in [5.74, 6) is 0.683. The van der Waals surface area contributed by atoms with Crippen LogP contribution in [0.2, 0.25) is 0 Å². The number of halogens is 1. The molecule has 1 fully saturated rings. The van der Waals surface area contributed by atoms with Crippen molar-refractivity contribution in [3.8, 4) is 5.75 Å². The second kappa shape index (κ2) is 3.77. The number of hydrogen-bond acceptors (Lipinski definition) is 3. The Morgan fingerprint density at radius 1 is 1.53 bits per heavy atom. The van der Waals surface area contributed by atoms with E-state index in [9.17, 15) is 5.11 Å². The Kier molecular flexibility index (Phi) is 2.75. The summed E-state index contributed by atoms with van der Waals surface area (Å²) in [5.41, 5.74) is 6.28. The lowest BCUT2D eigenvalue weighted by Crippen LogP contribution is -2.30. The fourth-order valence-electron chi connectivity index (χ4n) is 1.65. The molecule has 1 aliphatic rings. The molecular weight excluding hydrogens is 258 g/mol. The molecule has 82 valence electrons. The summed E-state index contributed by atoms with van der Waals surface area (Å²) < 4.78 is 6.13. The highest BCUT2D eigenvalue weighted by atomic mass is 79.9. The number of methoxy groups -OCH3 is 1. The van der Waals surface area contributed by atoms with Gasteiger partial charge in [0.1, 0.15) is 11.9 Å². The van der Waals surface area contributed by atoms with Gasteiger partial charge < -0.3 is 15.6 Å². The van der Waals surface area contributed by atoms with Gasteiger partial charge >= 0.3 is 0 Å². The molecule has 0 aromatic heterocycles. The Morgan fingerprint density at radius 3 is 2.73 bits per heavy atom. The van der Waals surface area contributed by atoms with Crippen molar-refractivity contribution in [1.82, 2.24) is 0 Å². The fourth-order valence-corrected chi connectivity index (χ4v) is 2.03. The lowest BCUT2D eigenvalue weighted by Gasteiger charge is -2.20. The van der Waals surface area contributed by atoms with Crippen LogP contribution in [-0.2, 0) is 0 Å². The van der Waals surface area contributed by atoms with Crippen LogP contribution in [0.1, 0.15) is 24.5 Å². The van der Waals surface area contributed by atoms with Crippen LogP contribution >= 0.6 is 15.9 Å². The second-order valence-corrected chi connectivity index (χ2v) is 4.94. The van der Waals surface area contributed by atoms with Crippen molar-refractivity contribution < 1.29 is 9.84 Å². The monoisotopic (exact) mass is 271 g/mol. The molecule has 0 amide bonds. The average molecular weight is 272 g/mol. The Morgan fingerprint density at radius 2 is 2.20 bits per heavy atom. The van der Waals surface area contributed by atoms with E-state index in [-0.39, 0.29) is 0 Å². The number of rotatable bonds is 3. The number of benzene rings is 1. The molecule has 0 spiro atoms. The lowest BCUT2D eigenvalue weighted by molar-refractivity contribution is 0.132. The molecule has 3 nitrogen and oxygen atoms in total. The van der Waals surface area contributed by atoms with Crippen molar-refractivity contribution in [2.75, 3.05) is 7.11 Å². The number of aliphatic hydroxyl groups is 1. The van der Waals surface area contributed by atoms with Crippen molar-refractivity contribution in [2.45, 2.75) is 24.5 Å². The molecule has 1 aromatic rings. The maximum absolute atomic E-state index is 10.1. The number of nitrogens with two attached hydrogens (primary N) is 1. The van der Waals surface area contributed by atoms with Gasteiger partial charge in [0.15, 0.2) is 0 Å². The molecule has 4 heteroatoms. The van der Waals surface area contributed by atoms with E-state index in [1.165, 1.54) is 0 Å². The van der Waals surface area contributed by atoms with E-state index in [0.29, 0.717) is 5.75 Å². The molecule has 1 aliphatic carbocycles. The summed E-state index contributed by atoms with van der Waals surface area (Å²) >= 11 is 3.37. The minimum Gasteiger partial charge on any atom is -0.496 e. The quantitative estimate of drug-likeness (QED) is 0.884. The van der Waals surface area contributed by atoms with Crippen molar-refractivity contribution in [3.05, 3.63) is 28.2 Å². The molecule has 1 unspecified atom stereocenters. The maximum atomic E-state index is 10.1. The maximum Gasteiger partial charge on any atom is 0.124 e. The first-order chi connectivity index (χ1) is 7.07. The van der Waals surface area contributed by atoms with Crippen LogP contribution in [-0.4, -0.2) is 17.8 Å². The SMILES string of the molecule is COc1ccc(Br)cc1C(O)C1(N)CC1. The van der Waals surface area contributed by atoms with Crippen LogP contribution in [0.5, 0.6) is 5.75 Å². The van der Waals surface area contributed by atoms with E-state index in [2.05, 4.69) is 15.9 Å². The van der Waals surface area contributed by atoms with E-state index in [4.69, 9.17) is 10.5 Å². The Bertz CT molecular complexity index is 377. The molecule has 0 radical (unpaired) electrons. The molecule has 2 rings (SSSR count). The van der Waals surface area contributed by atoms with Crippen LogP contribution in [0.15, 0.2) is 22.7 Å². The van der Waals surface area contributed by atoms with Crippen molar-refractivity contribution in [2.24, 2.45) is 5.73 Å². The van der Waals surface area contributed by atoms with Gasteiger partial charge in [-0.25, -0.2) is 0 Å². The summed E-state index contributed by atoms with van der Waals surface area (Å²) in [6.45, 7) is 0. The van der Waals surface area contributed by atoms with Gasteiger partial charge in [0, 0.05) is 15.6 Å². The Balaban J connectivity index is 2.36. The summed E-state index contributed by atoms with van der Waals surface area (Å²) in [5, 5.41) is 10.1. The summed E-state index contributed by atoms with van der Waals surface area (Å²) in [6, 6.07) is 5.57. The molecule has 1 atom stereocenters. The number of aliphatic hydroxyl groups excluding tert-OH is 1. The van der Waals surface area contributed by atoms with E-state index < -0.39 is 11.6 Å². The minimum absolute atomic E-state index is 0.450. The molecule has 1 saturated carbocycles. The predicted octanol–water partition coefficient (Wildman–Crippen LogP) is 1.98. The first-order valence-electron chi connectivity index (χ1n) is 4.87. The van der Waals surface area contributed by atoms with Crippen LogP contribution in [0.4, 0.5) is 0 Å². The molecule has 3 N–H and O–H groups in total. The van der Waals surface area contributed by atoms with Gasteiger partial charge in [-0.2, -0.15) is 0 Å². The van der Waals surface area contributed by atoms with Gasteiger partial charge in [-0.3, -0.25) is 0 Å². The third kappa shape index (κ3) is 2.02. The first kappa shape index (κ1) is 10.9. The first-order valence-corrected chi connectivity index (χ1v) is 5.66. The van der Waals surface area contributed by atoms with Gasteiger partial charge in [0.25, 0.3) is 0 Å². The molecule has 1 aromatic carbocycles. The highest BCUT2D eigenvalue weighted by Crippen LogP contribution is 2.46. The average Bonchev–Trinajstić information content (AvgIpc) is 2.96. The van der Waals surface area contributed by atoms with E-state index in [1.54, 1.807) is 7.11 Å². The Labute approximate surface area is 97.4 Å². The Hall–Kier alpha value is -0.580. The zero-order valence-electron chi connectivity index (χ0n) is 8.53. The van der Waals surface area contributed by atoms with Gasteiger partial charge in [-0.1, -0.05) is 15.9 Å². The molecular formula is C11H14BrNO2. The van der Waals surface area contributed by atoms with Crippen LogP contribution < -0.4 is 10.5 Å². The zero-order valence-corrected chi connectivity index (χ0v) is 10.1. The molecule has 15 heavy (non-hydrogen) atoms. The van der Waals surface area contributed by atoms with Gasteiger partial charge in [-0.05, 0) is 31.0 Å². The zero-order chi connectivity index (χ0) is 11.1. The van der Waals surface area contributed by atoms with E-state index in [1.807, 2.05) is 18.2 Å². The molecule has 0 bridgehead atoms. The lowest BCUT2D eigenvalue weighted by atomic mass is 10.0. The summed E-state index contributed by atoms with van der Waals surface area (Å²) in [7, 11) is 1.59. The third-order valence-electron chi connectivity index (χ3n) is 2.86. The van der Waals surface area contributed by atoms with Gasteiger partial charge in [0.05, 0.1) is 7.11 Å². The number of hydrogen-bond donors (Lipinski definition) is 2. The third-order valence-corrected chi connectivity index (χ3v) is 3.35. The van der Waals surface area contributed by atoms with E-state index in [0.717, 1.165) is 22.9 Å². The second-order valence-electron chi connectivity index (χ2n) is 4.02. The van der Waals surface area contributed by atoms with Crippen LogP contribution in [0.25, 0.3) is 0 Å². The fraction of sp³-hybridized carbons (Fsp3) is 0.455. The minimum atomic E-state index is -0.648. The standard InChI is InChI=1S/C11H14BrNO2/c1-15-9-3-2-7(12)6-8(9)10(14)11(13)4-5-11/h2-3,6,10,14H,4-5,13H2,1H3.